The van der Waals surface area contributed by atoms with Crippen LogP contribution in [0.3, 0.4) is 0 Å². The van der Waals surface area contributed by atoms with Crippen molar-refractivity contribution >= 4 is 6.09 Å². The van der Waals surface area contributed by atoms with Gasteiger partial charge in [-0.05, 0) is 26.8 Å². The molecule has 0 aromatic rings. The van der Waals surface area contributed by atoms with Crippen LogP contribution in [-0.4, -0.2) is 49.9 Å². The number of ether oxygens (including phenoxy) is 2. The van der Waals surface area contributed by atoms with Crippen molar-refractivity contribution in [1.29, 1.82) is 0 Å². The van der Waals surface area contributed by atoms with Gasteiger partial charge in [-0.15, -0.1) is 0 Å². The molecule has 1 amide bonds. The Morgan fingerprint density at radius 3 is 2.75 bits per heavy atom. The van der Waals surface area contributed by atoms with Crippen molar-refractivity contribution in [2.45, 2.75) is 26.4 Å². The highest BCUT2D eigenvalue weighted by molar-refractivity contribution is 5.67. The molecule has 5 nitrogen and oxygen atoms in total. The van der Waals surface area contributed by atoms with Gasteiger partial charge in [0.25, 0.3) is 0 Å². The van der Waals surface area contributed by atoms with E-state index in [2.05, 4.69) is 0 Å². The molecule has 0 saturated carbocycles. The Labute approximate surface area is 96.9 Å². The van der Waals surface area contributed by atoms with Crippen LogP contribution in [0.1, 0.15) is 20.3 Å². The highest BCUT2D eigenvalue weighted by Gasteiger charge is 2.31. The van der Waals surface area contributed by atoms with Crippen LogP contribution in [0.4, 0.5) is 4.79 Å². The number of nitrogens with two attached hydrogens (primary N) is 1. The maximum atomic E-state index is 11.6. The lowest BCUT2D eigenvalue weighted by Crippen LogP contribution is -2.49. The first kappa shape index (κ1) is 13.3. The summed E-state index contributed by atoms with van der Waals surface area (Å²) in [4.78, 5) is 13.3. The van der Waals surface area contributed by atoms with Gasteiger partial charge >= 0.3 is 6.09 Å². The Balaban J connectivity index is 2.50. The Hall–Kier alpha value is -0.810. The number of hydrogen-bond acceptors (Lipinski definition) is 4. The van der Waals surface area contributed by atoms with Crippen molar-refractivity contribution in [3.05, 3.63) is 0 Å². The smallest absolute Gasteiger partial charge is 0.409 e. The van der Waals surface area contributed by atoms with Crippen LogP contribution in [0.5, 0.6) is 0 Å². The number of carbonyl (C=O) groups excluding carboxylic acids is 1. The highest BCUT2D eigenvalue weighted by atomic mass is 16.6. The molecule has 1 aliphatic heterocycles. The number of carbonyl (C=O) groups is 1. The molecule has 94 valence electrons. The first-order valence-corrected chi connectivity index (χ1v) is 5.96. The zero-order valence-corrected chi connectivity index (χ0v) is 10.1. The van der Waals surface area contributed by atoms with Gasteiger partial charge in [-0.25, -0.2) is 4.79 Å². The molecule has 0 unspecified atom stereocenters. The summed E-state index contributed by atoms with van der Waals surface area (Å²) in [5.41, 5.74) is 5.69. The van der Waals surface area contributed by atoms with E-state index in [1.54, 1.807) is 4.90 Å². The van der Waals surface area contributed by atoms with Crippen molar-refractivity contribution in [3.8, 4) is 0 Å². The lowest BCUT2D eigenvalue weighted by atomic mass is 9.94. The molecule has 0 radical (unpaired) electrons. The monoisotopic (exact) mass is 230 g/mol. The van der Waals surface area contributed by atoms with E-state index in [1.165, 1.54) is 0 Å². The van der Waals surface area contributed by atoms with Crippen molar-refractivity contribution in [3.63, 3.8) is 0 Å². The van der Waals surface area contributed by atoms with E-state index in [9.17, 15) is 4.79 Å². The van der Waals surface area contributed by atoms with E-state index >= 15 is 0 Å². The van der Waals surface area contributed by atoms with E-state index in [0.29, 0.717) is 38.8 Å². The van der Waals surface area contributed by atoms with Gasteiger partial charge in [0.15, 0.2) is 0 Å². The summed E-state index contributed by atoms with van der Waals surface area (Å²) in [6, 6.07) is 0. The summed E-state index contributed by atoms with van der Waals surface area (Å²) >= 11 is 0. The van der Waals surface area contributed by atoms with Gasteiger partial charge in [0.1, 0.15) is 0 Å². The SMILES string of the molecule is CCOC(=O)N1CC[C@@H](CN)[C@H](OCC)C1. The second-order valence-electron chi connectivity index (χ2n) is 3.92. The van der Waals surface area contributed by atoms with Crippen LogP contribution in [-0.2, 0) is 9.47 Å². The summed E-state index contributed by atoms with van der Waals surface area (Å²) < 4.78 is 10.6. The van der Waals surface area contributed by atoms with Gasteiger partial charge in [-0.2, -0.15) is 0 Å². The predicted molar refractivity (Wildman–Crippen MR) is 61.2 cm³/mol. The third-order valence-electron chi connectivity index (χ3n) is 2.91. The van der Waals surface area contributed by atoms with Gasteiger partial charge in [0.05, 0.1) is 19.3 Å². The summed E-state index contributed by atoms with van der Waals surface area (Å²) in [7, 11) is 0. The largest absolute Gasteiger partial charge is 0.450 e. The minimum Gasteiger partial charge on any atom is -0.450 e. The lowest BCUT2D eigenvalue weighted by molar-refractivity contribution is -0.0284. The Morgan fingerprint density at radius 1 is 1.44 bits per heavy atom. The van der Waals surface area contributed by atoms with Crippen molar-refractivity contribution in [2.24, 2.45) is 11.7 Å². The predicted octanol–water partition coefficient (Wildman–Crippen LogP) is 0.829. The molecule has 1 fully saturated rings. The Bertz CT molecular complexity index is 223. The molecule has 5 heteroatoms. The molecule has 1 rings (SSSR count). The standard InChI is InChI=1S/C11H22N2O3/c1-3-15-10-8-13(11(14)16-4-2)6-5-9(10)7-12/h9-10H,3-8,12H2,1-2H3/t9-,10+/m0/s1. The third-order valence-corrected chi connectivity index (χ3v) is 2.91. The quantitative estimate of drug-likeness (QED) is 0.777. The zero-order valence-electron chi connectivity index (χ0n) is 10.1. The van der Waals surface area contributed by atoms with Crippen molar-refractivity contribution in [2.75, 3.05) is 32.8 Å². The topological polar surface area (TPSA) is 64.8 Å². The van der Waals surface area contributed by atoms with Gasteiger partial charge in [0.2, 0.25) is 0 Å². The number of nitrogens with zero attached hydrogens (tertiary/aromatic N) is 1. The molecular weight excluding hydrogens is 208 g/mol. The highest BCUT2D eigenvalue weighted by Crippen LogP contribution is 2.20. The first-order valence-electron chi connectivity index (χ1n) is 5.96. The maximum Gasteiger partial charge on any atom is 0.409 e. The van der Waals surface area contributed by atoms with E-state index in [-0.39, 0.29) is 12.2 Å². The average Bonchev–Trinajstić information content (AvgIpc) is 2.29. The molecule has 2 N–H and O–H groups in total. The molecule has 1 heterocycles. The summed E-state index contributed by atoms with van der Waals surface area (Å²) in [5, 5.41) is 0. The summed E-state index contributed by atoms with van der Waals surface area (Å²) in [5.74, 6) is 0.352. The minimum absolute atomic E-state index is 0.0492. The van der Waals surface area contributed by atoms with Crippen LogP contribution in [0.15, 0.2) is 0 Å². The number of likely N-dealkylation sites (tertiary alicyclic amines) is 1. The summed E-state index contributed by atoms with van der Waals surface area (Å²) in [6.07, 6.45) is 0.691. The summed E-state index contributed by atoms with van der Waals surface area (Å²) in [6.45, 7) is 6.74. The van der Waals surface area contributed by atoms with Crippen molar-refractivity contribution in [1.82, 2.24) is 4.90 Å². The van der Waals surface area contributed by atoms with Gasteiger partial charge in [-0.1, -0.05) is 0 Å². The third kappa shape index (κ3) is 3.35. The normalized spacial score (nSPS) is 25.6. The molecular formula is C11H22N2O3. The fourth-order valence-corrected chi connectivity index (χ4v) is 2.02. The molecule has 1 saturated heterocycles. The van der Waals surface area contributed by atoms with E-state index in [4.69, 9.17) is 15.2 Å². The maximum absolute atomic E-state index is 11.6. The molecule has 2 atom stereocenters. The van der Waals surface area contributed by atoms with Gasteiger partial charge in [0, 0.05) is 19.1 Å². The molecule has 0 spiro atoms. The molecule has 0 aliphatic carbocycles. The number of piperidine rings is 1. The lowest BCUT2D eigenvalue weighted by Gasteiger charge is -2.37. The minimum atomic E-state index is -0.248. The number of hydrogen-bond donors (Lipinski definition) is 1. The fraction of sp³-hybridized carbons (Fsp3) is 0.909. The van der Waals surface area contributed by atoms with Crippen LogP contribution in [0.2, 0.25) is 0 Å². The average molecular weight is 230 g/mol. The van der Waals surface area contributed by atoms with Crippen LogP contribution < -0.4 is 5.73 Å². The second kappa shape index (κ2) is 6.70. The van der Waals surface area contributed by atoms with Crippen LogP contribution in [0, 0.1) is 5.92 Å². The fourth-order valence-electron chi connectivity index (χ4n) is 2.02. The van der Waals surface area contributed by atoms with Crippen LogP contribution in [0.25, 0.3) is 0 Å². The zero-order chi connectivity index (χ0) is 12.0. The molecule has 0 aromatic carbocycles. The number of amides is 1. The van der Waals surface area contributed by atoms with Gasteiger partial charge in [-0.3, -0.25) is 0 Å². The van der Waals surface area contributed by atoms with Crippen LogP contribution >= 0.6 is 0 Å². The first-order chi connectivity index (χ1) is 7.72. The van der Waals surface area contributed by atoms with E-state index < -0.39 is 0 Å². The Kier molecular flexibility index (Phi) is 5.55. The van der Waals surface area contributed by atoms with E-state index in [0.717, 1.165) is 6.42 Å². The molecule has 16 heavy (non-hydrogen) atoms. The Morgan fingerprint density at radius 2 is 2.19 bits per heavy atom. The number of rotatable bonds is 4. The van der Waals surface area contributed by atoms with Crippen molar-refractivity contribution < 1.29 is 14.3 Å². The van der Waals surface area contributed by atoms with E-state index in [1.807, 2.05) is 13.8 Å². The molecule has 0 aromatic heterocycles. The second-order valence-corrected chi connectivity index (χ2v) is 3.92. The van der Waals surface area contributed by atoms with Gasteiger partial charge < -0.3 is 20.1 Å². The molecule has 1 aliphatic rings. The molecule has 0 bridgehead atoms.